The second-order valence-corrected chi connectivity index (χ2v) is 20.2. The first-order valence-corrected chi connectivity index (χ1v) is 22.5. The number of esters is 1. The first-order chi connectivity index (χ1) is 23.6. The van der Waals surface area contributed by atoms with Gasteiger partial charge in [-0.2, -0.15) is 0 Å². The van der Waals surface area contributed by atoms with E-state index in [0.717, 1.165) is 78.4 Å². The molecule has 5 saturated carbocycles. The molecule has 0 N–H and O–H groups in total. The Bertz CT molecular complexity index is 1090. The van der Waals surface area contributed by atoms with Crippen molar-refractivity contribution in [3.63, 3.8) is 0 Å². The number of hydrogen-bond donors (Lipinski definition) is 0. The Morgan fingerprint density at radius 2 is 1.51 bits per heavy atom. The molecule has 0 aromatic carbocycles. The molecule has 2 heteroatoms. The Hall–Kier alpha value is -0.790. The van der Waals surface area contributed by atoms with E-state index in [1.165, 1.54) is 122 Å². The van der Waals surface area contributed by atoms with E-state index in [9.17, 15) is 4.79 Å². The molecule has 0 heterocycles. The molecule has 0 amide bonds. The molecule has 280 valence electrons. The maximum absolute atomic E-state index is 12.9. The molecule has 49 heavy (non-hydrogen) atoms. The Balaban J connectivity index is 0.850. The van der Waals surface area contributed by atoms with Gasteiger partial charge in [0.2, 0.25) is 0 Å². The van der Waals surface area contributed by atoms with E-state index in [2.05, 4.69) is 47.6 Å². The fraction of sp³-hybridized carbons (Fsp3) is 0.936. The van der Waals surface area contributed by atoms with Gasteiger partial charge < -0.3 is 4.74 Å². The van der Waals surface area contributed by atoms with Gasteiger partial charge in [0.25, 0.3) is 0 Å². The third kappa shape index (κ3) is 9.24. The lowest BCUT2D eigenvalue weighted by Crippen LogP contribution is -2.51. The predicted octanol–water partition coefficient (Wildman–Crippen LogP) is 13.9. The second-order valence-electron chi connectivity index (χ2n) is 20.2. The number of carbonyl (C=O) groups is 1. The Morgan fingerprint density at radius 3 is 2.24 bits per heavy atom. The van der Waals surface area contributed by atoms with Crippen molar-refractivity contribution in [2.24, 2.45) is 70.0 Å². The molecule has 5 unspecified atom stereocenters. The lowest BCUT2D eigenvalue weighted by atomic mass is 9.47. The fourth-order valence-electron chi connectivity index (χ4n) is 13.2. The van der Waals surface area contributed by atoms with E-state index in [-0.39, 0.29) is 12.1 Å². The van der Waals surface area contributed by atoms with Crippen LogP contribution < -0.4 is 0 Å². The molecule has 12 atom stereocenters. The normalized spacial score (nSPS) is 39.9. The van der Waals surface area contributed by atoms with Crippen LogP contribution in [0.2, 0.25) is 0 Å². The van der Waals surface area contributed by atoms with Crippen LogP contribution in [0, 0.1) is 70.0 Å². The van der Waals surface area contributed by atoms with Crippen molar-refractivity contribution in [3.05, 3.63) is 11.6 Å². The summed E-state index contributed by atoms with van der Waals surface area (Å²) in [5.41, 5.74) is 2.54. The van der Waals surface area contributed by atoms with Crippen molar-refractivity contribution in [2.75, 3.05) is 0 Å². The highest BCUT2D eigenvalue weighted by molar-refractivity contribution is 5.69. The summed E-state index contributed by atoms with van der Waals surface area (Å²) in [5, 5.41) is 0. The van der Waals surface area contributed by atoms with Crippen molar-refractivity contribution in [3.8, 4) is 0 Å². The Labute approximate surface area is 304 Å². The summed E-state index contributed by atoms with van der Waals surface area (Å²) in [6.07, 6.45) is 36.2. The van der Waals surface area contributed by atoms with Crippen LogP contribution in [0.4, 0.5) is 0 Å². The minimum absolute atomic E-state index is 0.0738. The summed E-state index contributed by atoms with van der Waals surface area (Å²) in [5.74, 6) is 9.69. The smallest absolute Gasteiger partial charge is 0.306 e. The highest BCUT2D eigenvalue weighted by Crippen LogP contribution is 2.67. The summed E-state index contributed by atoms with van der Waals surface area (Å²) >= 11 is 0. The maximum Gasteiger partial charge on any atom is 0.306 e. The Morgan fingerprint density at radius 1 is 0.796 bits per heavy atom. The first-order valence-electron chi connectivity index (χ1n) is 22.5. The second kappa shape index (κ2) is 16.9. The zero-order chi connectivity index (χ0) is 34.6. The van der Waals surface area contributed by atoms with Gasteiger partial charge in [-0.25, -0.2) is 0 Å². The van der Waals surface area contributed by atoms with Crippen LogP contribution >= 0.6 is 0 Å². The fourth-order valence-corrected chi connectivity index (χ4v) is 13.2. The van der Waals surface area contributed by atoms with E-state index in [1.54, 1.807) is 18.4 Å². The van der Waals surface area contributed by atoms with Crippen LogP contribution in [-0.4, -0.2) is 12.1 Å². The number of carbonyl (C=O) groups excluding carboxylic acids is 1. The highest BCUT2D eigenvalue weighted by Gasteiger charge is 2.59. The minimum Gasteiger partial charge on any atom is -0.462 e. The monoisotopic (exact) mass is 677 g/mol. The summed E-state index contributed by atoms with van der Waals surface area (Å²) in [6, 6.07) is 0. The van der Waals surface area contributed by atoms with E-state index in [0.29, 0.717) is 17.3 Å². The van der Waals surface area contributed by atoms with Gasteiger partial charge in [-0.05, 0) is 141 Å². The molecular weight excluding hydrogens is 597 g/mol. The van der Waals surface area contributed by atoms with Gasteiger partial charge in [-0.15, -0.1) is 0 Å². The zero-order valence-electron chi connectivity index (χ0n) is 33.4. The van der Waals surface area contributed by atoms with Gasteiger partial charge in [0.15, 0.2) is 0 Å². The van der Waals surface area contributed by atoms with Crippen LogP contribution in [0.1, 0.15) is 202 Å². The van der Waals surface area contributed by atoms with Crippen LogP contribution in [0.5, 0.6) is 0 Å². The summed E-state index contributed by atoms with van der Waals surface area (Å²) in [6.45, 7) is 15.0. The molecule has 2 nitrogen and oxygen atoms in total. The molecule has 0 aromatic rings. The predicted molar refractivity (Wildman–Crippen MR) is 207 cm³/mol. The van der Waals surface area contributed by atoms with Crippen molar-refractivity contribution >= 4 is 5.97 Å². The molecule has 6 rings (SSSR count). The van der Waals surface area contributed by atoms with Gasteiger partial charge in [-0.3, -0.25) is 4.79 Å². The molecule has 0 aromatic heterocycles. The van der Waals surface area contributed by atoms with E-state index in [4.69, 9.17) is 4.74 Å². The molecule has 0 radical (unpaired) electrons. The van der Waals surface area contributed by atoms with Gasteiger partial charge in [-0.1, -0.05) is 130 Å². The number of unbranched alkanes of at least 4 members (excludes halogenated alkanes) is 6. The summed E-state index contributed by atoms with van der Waals surface area (Å²) < 4.78 is 6.16. The van der Waals surface area contributed by atoms with Crippen LogP contribution in [0.15, 0.2) is 11.6 Å². The molecule has 0 spiro atoms. The average molecular weight is 677 g/mol. The van der Waals surface area contributed by atoms with E-state index >= 15 is 0 Å². The number of fused-ring (bicyclic) bond motifs is 5. The van der Waals surface area contributed by atoms with Crippen LogP contribution in [-0.2, 0) is 9.53 Å². The third-order valence-corrected chi connectivity index (χ3v) is 16.4. The largest absolute Gasteiger partial charge is 0.462 e. The van der Waals surface area contributed by atoms with Crippen molar-refractivity contribution in [1.82, 2.24) is 0 Å². The Kier molecular flexibility index (Phi) is 13.1. The minimum atomic E-state index is 0.0738. The SMILES string of the molecule is CCCCCC1CC1CC1CC1CCCCCCCC(=O)OC1CC[C@@]2(C)C(=CC[C@H]3[C@@H]4CC[C@H]([C@H](C)CCCC(C)C)[C@@]4(C)CC[C@@H]32)C1. The summed E-state index contributed by atoms with van der Waals surface area (Å²) in [7, 11) is 0. The third-order valence-electron chi connectivity index (χ3n) is 16.4. The number of allylic oxidation sites excluding steroid dienone is 1. The number of rotatable bonds is 20. The first kappa shape index (κ1) is 38.0. The topological polar surface area (TPSA) is 26.3 Å². The van der Waals surface area contributed by atoms with Crippen molar-refractivity contribution < 1.29 is 9.53 Å². The number of ether oxygens (including phenoxy) is 1. The van der Waals surface area contributed by atoms with Gasteiger partial charge in [0.05, 0.1) is 0 Å². The lowest BCUT2D eigenvalue weighted by molar-refractivity contribution is -0.151. The van der Waals surface area contributed by atoms with Crippen molar-refractivity contribution in [1.29, 1.82) is 0 Å². The van der Waals surface area contributed by atoms with Crippen LogP contribution in [0.25, 0.3) is 0 Å². The molecular formula is C47H80O2. The van der Waals surface area contributed by atoms with E-state index in [1.807, 2.05) is 0 Å². The molecule has 0 bridgehead atoms. The molecule has 0 saturated heterocycles. The van der Waals surface area contributed by atoms with Gasteiger partial charge in [0.1, 0.15) is 6.10 Å². The maximum atomic E-state index is 12.9. The van der Waals surface area contributed by atoms with Gasteiger partial charge >= 0.3 is 5.97 Å². The van der Waals surface area contributed by atoms with Crippen LogP contribution in [0.3, 0.4) is 0 Å². The lowest BCUT2D eigenvalue weighted by Gasteiger charge is -2.58. The zero-order valence-corrected chi connectivity index (χ0v) is 33.4. The van der Waals surface area contributed by atoms with Crippen molar-refractivity contribution in [2.45, 2.75) is 208 Å². The van der Waals surface area contributed by atoms with E-state index < -0.39 is 0 Å². The number of hydrogen-bond acceptors (Lipinski definition) is 2. The standard InChI is InChI=1S/C47H80O2/c1-7-8-12-18-35-29-37(35)31-38-30-36(38)19-13-10-9-11-14-20-45(48)49-40-25-27-46(5)39(32-40)21-22-41-43-24-23-42(34(4)17-15-16-33(2)3)47(43,6)28-26-44(41)46/h21,33-38,40-44H,7-20,22-32H2,1-6H3/t34-,35?,36?,37?,38?,40?,41+,42-,43+,44+,46+,47-/m1/s1. The molecule has 0 aliphatic heterocycles. The molecule has 6 aliphatic rings. The quantitative estimate of drug-likeness (QED) is 0.0729. The summed E-state index contributed by atoms with van der Waals surface area (Å²) in [4.78, 5) is 12.9. The highest BCUT2D eigenvalue weighted by atomic mass is 16.5. The average Bonchev–Trinajstić information content (AvgIpc) is 3.96. The molecule has 5 fully saturated rings. The van der Waals surface area contributed by atoms with Gasteiger partial charge in [0, 0.05) is 12.8 Å². The molecule has 6 aliphatic carbocycles.